The first-order valence-corrected chi connectivity index (χ1v) is 6.00. The van der Waals surface area contributed by atoms with Crippen LogP contribution in [0.2, 0.25) is 0 Å². The van der Waals surface area contributed by atoms with Crippen LogP contribution >= 0.6 is 0 Å². The topological polar surface area (TPSA) is 77.4 Å². The van der Waals surface area contributed by atoms with Gasteiger partial charge < -0.3 is 20.2 Å². The van der Waals surface area contributed by atoms with Crippen molar-refractivity contribution in [2.24, 2.45) is 0 Å². The number of aromatic nitrogens is 3. The predicted octanol–water partition coefficient (Wildman–Crippen LogP) is 0.186. The second-order valence-electron chi connectivity index (χ2n) is 4.33. The Bertz CT molecular complexity index is 384. The Morgan fingerprint density at radius 2 is 1.78 bits per heavy atom. The first kappa shape index (κ1) is 14.4. The van der Waals surface area contributed by atoms with Crippen LogP contribution in [0.15, 0.2) is 0 Å². The number of anilines is 3. The number of aliphatic hydroxyl groups is 1. The van der Waals surface area contributed by atoms with Gasteiger partial charge in [-0.3, -0.25) is 0 Å². The molecule has 0 aliphatic carbocycles. The predicted molar refractivity (Wildman–Crippen MR) is 73.3 cm³/mol. The van der Waals surface area contributed by atoms with Gasteiger partial charge in [0.25, 0.3) is 0 Å². The van der Waals surface area contributed by atoms with Crippen molar-refractivity contribution in [3.63, 3.8) is 0 Å². The van der Waals surface area contributed by atoms with Gasteiger partial charge in [0.05, 0.1) is 12.6 Å². The Kier molecular flexibility index (Phi) is 5.08. The molecule has 1 rings (SSSR count). The molecule has 102 valence electrons. The van der Waals surface area contributed by atoms with Gasteiger partial charge in [-0.1, -0.05) is 0 Å². The first-order valence-electron chi connectivity index (χ1n) is 6.00. The van der Waals surface area contributed by atoms with Crippen molar-refractivity contribution < 1.29 is 5.11 Å². The summed E-state index contributed by atoms with van der Waals surface area (Å²) in [5.74, 6) is 1.68. The molecule has 0 radical (unpaired) electrons. The average Bonchev–Trinajstić information content (AvgIpc) is 2.36. The molecule has 1 atom stereocenters. The highest BCUT2D eigenvalue weighted by molar-refractivity contribution is 5.44. The highest BCUT2D eigenvalue weighted by Crippen LogP contribution is 2.15. The van der Waals surface area contributed by atoms with Crippen molar-refractivity contribution in [3.05, 3.63) is 0 Å². The van der Waals surface area contributed by atoms with Crippen molar-refractivity contribution in [1.82, 2.24) is 15.0 Å². The third kappa shape index (κ3) is 3.43. The van der Waals surface area contributed by atoms with Crippen LogP contribution in [0.5, 0.6) is 0 Å². The van der Waals surface area contributed by atoms with Crippen molar-refractivity contribution in [2.45, 2.75) is 19.9 Å². The standard InChI is InChI=1S/C11H22N6O/c1-6-12-9-13-10(16(3)4)15-11(14-9)17(5)8(2)7-18/h8,18H,6-7H2,1-5H3,(H,12,13,14,15). The Hall–Kier alpha value is -1.63. The second kappa shape index (κ2) is 6.34. The lowest BCUT2D eigenvalue weighted by molar-refractivity contribution is 0.269. The Morgan fingerprint density at radius 1 is 1.17 bits per heavy atom. The van der Waals surface area contributed by atoms with Gasteiger partial charge in [0.2, 0.25) is 17.8 Å². The van der Waals surface area contributed by atoms with E-state index in [0.717, 1.165) is 6.54 Å². The molecule has 1 aromatic heterocycles. The molecule has 0 aliphatic heterocycles. The molecule has 7 nitrogen and oxygen atoms in total. The van der Waals surface area contributed by atoms with Gasteiger partial charge in [-0.05, 0) is 13.8 Å². The summed E-state index contributed by atoms with van der Waals surface area (Å²) in [5, 5.41) is 12.3. The average molecular weight is 254 g/mol. The summed E-state index contributed by atoms with van der Waals surface area (Å²) in [7, 11) is 5.61. The van der Waals surface area contributed by atoms with E-state index in [0.29, 0.717) is 17.8 Å². The maximum Gasteiger partial charge on any atom is 0.232 e. The van der Waals surface area contributed by atoms with Crippen molar-refractivity contribution in [2.75, 3.05) is 49.4 Å². The van der Waals surface area contributed by atoms with Gasteiger partial charge in [0.1, 0.15) is 0 Å². The molecule has 0 spiro atoms. The SMILES string of the molecule is CCNc1nc(N(C)C)nc(N(C)C(C)CO)n1. The number of likely N-dealkylation sites (N-methyl/N-ethyl adjacent to an activating group) is 1. The zero-order valence-corrected chi connectivity index (χ0v) is 11.7. The molecule has 1 heterocycles. The molecule has 0 aromatic carbocycles. The fraction of sp³-hybridized carbons (Fsp3) is 0.727. The fourth-order valence-electron chi connectivity index (χ4n) is 1.27. The number of rotatable bonds is 6. The highest BCUT2D eigenvalue weighted by Gasteiger charge is 2.15. The van der Waals surface area contributed by atoms with Crippen LogP contribution in [0, 0.1) is 0 Å². The van der Waals surface area contributed by atoms with Crippen LogP contribution in [0.4, 0.5) is 17.8 Å². The van der Waals surface area contributed by atoms with Crippen LogP contribution in [0.25, 0.3) is 0 Å². The number of nitrogens with one attached hydrogen (secondary N) is 1. The van der Waals surface area contributed by atoms with Crippen LogP contribution in [0.1, 0.15) is 13.8 Å². The van der Waals surface area contributed by atoms with E-state index in [2.05, 4.69) is 20.3 Å². The summed E-state index contributed by atoms with van der Waals surface area (Å²) in [6.45, 7) is 4.69. The van der Waals surface area contributed by atoms with Gasteiger partial charge in [-0.25, -0.2) is 0 Å². The lowest BCUT2D eigenvalue weighted by Gasteiger charge is -2.24. The molecular weight excluding hydrogens is 232 g/mol. The third-order valence-electron chi connectivity index (χ3n) is 2.59. The maximum absolute atomic E-state index is 9.18. The first-order chi connectivity index (χ1) is 8.49. The molecule has 0 saturated carbocycles. The normalized spacial score (nSPS) is 12.1. The summed E-state index contributed by atoms with van der Waals surface area (Å²) < 4.78 is 0. The largest absolute Gasteiger partial charge is 0.394 e. The van der Waals surface area contributed by atoms with Gasteiger partial charge >= 0.3 is 0 Å². The highest BCUT2D eigenvalue weighted by atomic mass is 16.3. The molecule has 1 aromatic rings. The molecule has 0 bridgehead atoms. The quantitative estimate of drug-likeness (QED) is 0.750. The van der Waals surface area contributed by atoms with E-state index in [1.807, 2.05) is 44.8 Å². The maximum atomic E-state index is 9.18. The fourth-order valence-corrected chi connectivity index (χ4v) is 1.27. The van der Waals surface area contributed by atoms with Crippen LogP contribution in [0.3, 0.4) is 0 Å². The Morgan fingerprint density at radius 3 is 2.28 bits per heavy atom. The minimum absolute atomic E-state index is 0.0445. The Balaban J connectivity index is 3.09. The van der Waals surface area contributed by atoms with Crippen molar-refractivity contribution in [3.8, 4) is 0 Å². The molecule has 1 unspecified atom stereocenters. The summed E-state index contributed by atoms with van der Waals surface area (Å²) >= 11 is 0. The lowest BCUT2D eigenvalue weighted by Crippen LogP contribution is -2.34. The lowest BCUT2D eigenvalue weighted by atomic mass is 10.3. The van der Waals surface area contributed by atoms with Gasteiger partial charge in [-0.15, -0.1) is 0 Å². The minimum atomic E-state index is -0.0445. The second-order valence-corrected chi connectivity index (χ2v) is 4.33. The molecule has 18 heavy (non-hydrogen) atoms. The minimum Gasteiger partial charge on any atom is -0.394 e. The van der Waals surface area contributed by atoms with Gasteiger partial charge in [0.15, 0.2) is 0 Å². The van der Waals surface area contributed by atoms with E-state index < -0.39 is 0 Å². The summed E-state index contributed by atoms with van der Waals surface area (Å²) in [6, 6.07) is -0.0445. The van der Waals surface area contributed by atoms with Crippen LogP contribution in [-0.2, 0) is 0 Å². The molecule has 0 amide bonds. The van der Waals surface area contributed by atoms with E-state index >= 15 is 0 Å². The molecule has 2 N–H and O–H groups in total. The molecule has 0 saturated heterocycles. The monoisotopic (exact) mass is 254 g/mol. The van der Waals surface area contributed by atoms with Crippen LogP contribution < -0.4 is 15.1 Å². The third-order valence-corrected chi connectivity index (χ3v) is 2.59. The smallest absolute Gasteiger partial charge is 0.232 e. The van der Waals surface area contributed by atoms with E-state index in [1.54, 1.807) is 0 Å². The summed E-state index contributed by atoms with van der Waals surface area (Å²) in [5.41, 5.74) is 0. The zero-order valence-electron chi connectivity index (χ0n) is 11.7. The zero-order chi connectivity index (χ0) is 13.7. The van der Waals surface area contributed by atoms with E-state index in [1.165, 1.54) is 0 Å². The van der Waals surface area contributed by atoms with Crippen molar-refractivity contribution in [1.29, 1.82) is 0 Å². The molecule has 7 heteroatoms. The molecule has 0 fully saturated rings. The van der Waals surface area contributed by atoms with Gasteiger partial charge in [0, 0.05) is 27.7 Å². The van der Waals surface area contributed by atoms with Gasteiger partial charge in [-0.2, -0.15) is 15.0 Å². The van der Waals surface area contributed by atoms with E-state index in [-0.39, 0.29) is 12.6 Å². The number of aliphatic hydroxyl groups excluding tert-OH is 1. The van der Waals surface area contributed by atoms with Crippen LogP contribution in [-0.4, -0.2) is 60.4 Å². The number of hydrogen-bond acceptors (Lipinski definition) is 7. The summed E-state index contributed by atoms with van der Waals surface area (Å²) in [4.78, 5) is 16.6. The Labute approximate surface area is 108 Å². The summed E-state index contributed by atoms with van der Waals surface area (Å²) in [6.07, 6.45) is 0. The number of nitrogens with zero attached hydrogens (tertiary/aromatic N) is 5. The van der Waals surface area contributed by atoms with E-state index in [4.69, 9.17) is 0 Å². The van der Waals surface area contributed by atoms with E-state index in [9.17, 15) is 5.11 Å². The molecule has 0 aliphatic rings. The van der Waals surface area contributed by atoms with Crippen molar-refractivity contribution >= 4 is 17.8 Å². The molecular formula is C11H22N6O. The number of hydrogen-bond donors (Lipinski definition) is 2.